The van der Waals surface area contributed by atoms with E-state index in [1.54, 1.807) is 25.3 Å². The highest BCUT2D eigenvalue weighted by Gasteiger charge is 2.29. The van der Waals surface area contributed by atoms with Crippen molar-refractivity contribution in [1.29, 1.82) is 0 Å². The molecular weight excluding hydrogens is 286 g/mol. The summed E-state index contributed by atoms with van der Waals surface area (Å²) in [6, 6.07) is 5.02. The number of hydrogen-bond acceptors (Lipinski definition) is 3. The highest BCUT2D eigenvalue weighted by Crippen LogP contribution is 2.30. The van der Waals surface area contributed by atoms with E-state index in [9.17, 15) is 9.90 Å². The molecule has 17 heavy (non-hydrogen) atoms. The molecule has 92 valence electrons. The van der Waals surface area contributed by atoms with Crippen LogP contribution in [0.1, 0.15) is 24.4 Å². The van der Waals surface area contributed by atoms with E-state index >= 15 is 0 Å². The molecule has 4 nitrogen and oxygen atoms in total. The fourth-order valence-corrected chi connectivity index (χ4v) is 2.22. The molecule has 0 aliphatic heterocycles. The van der Waals surface area contributed by atoms with Crippen molar-refractivity contribution in [2.75, 3.05) is 7.11 Å². The summed E-state index contributed by atoms with van der Waals surface area (Å²) < 4.78 is 5.88. The standard InChI is InChI=1S/C12H14BrNO3/c1-17-10-5-2-7(6-9(10)13)11(12(15)16)14-8-3-4-8/h2,5-6,8,11,14H,3-4H2,1H3,(H,15,16). The smallest absolute Gasteiger partial charge is 0.325 e. The number of benzene rings is 1. The van der Waals surface area contributed by atoms with E-state index in [1.165, 1.54) is 0 Å². The number of carboxylic acid groups (broad SMARTS) is 1. The molecule has 0 radical (unpaired) electrons. The van der Waals surface area contributed by atoms with E-state index in [-0.39, 0.29) is 0 Å². The highest BCUT2D eigenvalue weighted by atomic mass is 79.9. The molecule has 1 aromatic rings. The van der Waals surface area contributed by atoms with Crippen LogP contribution in [-0.4, -0.2) is 24.2 Å². The molecule has 2 rings (SSSR count). The number of rotatable bonds is 5. The third-order valence-corrected chi connectivity index (χ3v) is 3.36. The number of nitrogens with one attached hydrogen (secondary N) is 1. The summed E-state index contributed by atoms with van der Waals surface area (Å²) in [5.74, 6) is -0.154. The van der Waals surface area contributed by atoms with Gasteiger partial charge in [-0.25, -0.2) is 0 Å². The molecule has 0 amide bonds. The van der Waals surface area contributed by atoms with Crippen molar-refractivity contribution < 1.29 is 14.6 Å². The van der Waals surface area contributed by atoms with Gasteiger partial charge in [0, 0.05) is 6.04 Å². The van der Waals surface area contributed by atoms with Crippen molar-refractivity contribution in [3.8, 4) is 5.75 Å². The number of aliphatic carboxylic acids is 1. The Labute approximate surface area is 108 Å². The van der Waals surface area contributed by atoms with Gasteiger partial charge < -0.3 is 9.84 Å². The molecule has 0 heterocycles. The van der Waals surface area contributed by atoms with Crippen LogP contribution in [0.2, 0.25) is 0 Å². The first-order chi connectivity index (χ1) is 8.11. The second kappa shape index (κ2) is 5.06. The van der Waals surface area contributed by atoms with E-state index in [0.717, 1.165) is 22.9 Å². The van der Waals surface area contributed by atoms with Gasteiger partial charge in [-0.1, -0.05) is 6.07 Å². The minimum atomic E-state index is -0.853. The largest absolute Gasteiger partial charge is 0.496 e. The zero-order valence-electron chi connectivity index (χ0n) is 9.44. The molecule has 1 aliphatic carbocycles. The normalized spacial score (nSPS) is 16.6. The van der Waals surface area contributed by atoms with Crippen molar-refractivity contribution in [3.63, 3.8) is 0 Å². The van der Waals surface area contributed by atoms with Crippen LogP contribution in [0.25, 0.3) is 0 Å². The molecule has 1 aliphatic rings. The molecule has 0 spiro atoms. The lowest BCUT2D eigenvalue weighted by Gasteiger charge is -2.15. The summed E-state index contributed by atoms with van der Waals surface area (Å²) in [7, 11) is 1.58. The van der Waals surface area contributed by atoms with Crippen LogP contribution in [0.15, 0.2) is 22.7 Å². The SMILES string of the molecule is COc1ccc(C(NC2CC2)C(=O)O)cc1Br. The number of carboxylic acids is 1. The van der Waals surface area contributed by atoms with E-state index in [4.69, 9.17) is 4.74 Å². The predicted octanol–water partition coefficient (Wildman–Crippen LogP) is 2.34. The number of hydrogen-bond donors (Lipinski definition) is 2. The van der Waals surface area contributed by atoms with Gasteiger partial charge in [0.1, 0.15) is 11.8 Å². The Morgan fingerprint density at radius 2 is 2.29 bits per heavy atom. The second-order valence-corrected chi connectivity index (χ2v) is 4.96. The number of methoxy groups -OCH3 is 1. The van der Waals surface area contributed by atoms with Gasteiger partial charge in [-0.3, -0.25) is 10.1 Å². The lowest BCUT2D eigenvalue weighted by molar-refractivity contribution is -0.139. The van der Waals surface area contributed by atoms with E-state index < -0.39 is 12.0 Å². The van der Waals surface area contributed by atoms with Gasteiger partial charge in [-0.2, -0.15) is 0 Å². The van der Waals surface area contributed by atoms with Gasteiger partial charge in [-0.05, 0) is 46.5 Å². The number of carbonyl (C=O) groups is 1. The zero-order chi connectivity index (χ0) is 12.4. The van der Waals surface area contributed by atoms with Crippen LogP contribution in [0.5, 0.6) is 5.75 Å². The summed E-state index contributed by atoms with van der Waals surface area (Å²) in [4.78, 5) is 11.2. The van der Waals surface area contributed by atoms with Gasteiger partial charge in [0.15, 0.2) is 0 Å². The lowest BCUT2D eigenvalue weighted by Crippen LogP contribution is -2.30. The molecule has 1 fully saturated rings. The Kier molecular flexibility index (Phi) is 3.69. The van der Waals surface area contributed by atoms with Crippen LogP contribution in [0, 0.1) is 0 Å². The van der Waals surface area contributed by atoms with Gasteiger partial charge in [-0.15, -0.1) is 0 Å². The van der Waals surface area contributed by atoms with Gasteiger partial charge in [0.25, 0.3) is 0 Å². The minimum Gasteiger partial charge on any atom is -0.496 e. The maximum absolute atomic E-state index is 11.2. The fraction of sp³-hybridized carbons (Fsp3) is 0.417. The molecule has 2 N–H and O–H groups in total. The summed E-state index contributed by atoms with van der Waals surface area (Å²) in [5, 5.41) is 12.3. The topological polar surface area (TPSA) is 58.6 Å². The van der Waals surface area contributed by atoms with Crippen LogP contribution in [-0.2, 0) is 4.79 Å². The van der Waals surface area contributed by atoms with Gasteiger partial charge >= 0.3 is 5.97 Å². The van der Waals surface area contributed by atoms with Crippen molar-refractivity contribution in [1.82, 2.24) is 5.32 Å². The second-order valence-electron chi connectivity index (χ2n) is 4.11. The molecular formula is C12H14BrNO3. The van der Waals surface area contributed by atoms with Gasteiger partial charge in [0.05, 0.1) is 11.6 Å². The van der Waals surface area contributed by atoms with Crippen molar-refractivity contribution >= 4 is 21.9 Å². The summed E-state index contributed by atoms with van der Waals surface area (Å²) in [6.45, 7) is 0. The van der Waals surface area contributed by atoms with Crippen molar-refractivity contribution in [2.45, 2.75) is 24.9 Å². The van der Waals surface area contributed by atoms with Crippen molar-refractivity contribution in [2.24, 2.45) is 0 Å². The molecule has 1 saturated carbocycles. The van der Waals surface area contributed by atoms with Crippen LogP contribution >= 0.6 is 15.9 Å². The maximum Gasteiger partial charge on any atom is 0.325 e. The minimum absolute atomic E-state index is 0.344. The summed E-state index contributed by atoms with van der Waals surface area (Å²) in [6.07, 6.45) is 2.11. The Hall–Kier alpha value is -1.07. The molecule has 0 bridgehead atoms. The average molecular weight is 300 g/mol. The quantitative estimate of drug-likeness (QED) is 0.876. The van der Waals surface area contributed by atoms with Crippen molar-refractivity contribution in [3.05, 3.63) is 28.2 Å². The molecule has 5 heteroatoms. The molecule has 1 unspecified atom stereocenters. The Morgan fingerprint density at radius 3 is 2.76 bits per heavy atom. The lowest BCUT2D eigenvalue weighted by atomic mass is 10.1. The fourth-order valence-electron chi connectivity index (χ4n) is 1.66. The average Bonchev–Trinajstić information content (AvgIpc) is 3.09. The Bertz CT molecular complexity index is 432. The first kappa shape index (κ1) is 12.4. The van der Waals surface area contributed by atoms with Crippen LogP contribution < -0.4 is 10.1 Å². The van der Waals surface area contributed by atoms with Gasteiger partial charge in [0.2, 0.25) is 0 Å². The first-order valence-electron chi connectivity index (χ1n) is 5.44. The molecule has 0 saturated heterocycles. The molecule has 0 aromatic heterocycles. The molecule has 1 atom stereocenters. The van der Waals surface area contributed by atoms with E-state index in [0.29, 0.717) is 11.8 Å². The number of halogens is 1. The predicted molar refractivity (Wildman–Crippen MR) is 67.2 cm³/mol. The van der Waals surface area contributed by atoms with Crippen LogP contribution in [0.3, 0.4) is 0 Å². The molecule has 1 aromatic carbocycles. The monoisotopic (exact) mass is 299 g/mol. The van der Waals surface area contributed by atoms with E-state index in [2.05, 4.69) is 21.2 Å². The summed E-state index contributed by atoms with van der Waals surface area (Å²) >= 11 is 3.36. The van der Waals surface area contributed by atoms with E-state index in [1.807, 2.05) is 0 Å². The zero-order valence-corrected chi connectivity index (χ0v) is 11.0. The maximum atomic E-state index is 11.2. The number of ether oxygens (including phenoxy) is 1. The third-order valence-electron chi connectivity index (χ3n) is 2.74. The van der Waals surface area contributed by atoms with Crippen LogP contribution in [0.4, 0.5) is 0 Å². The highest BCUT2D eigenvalue weighted by molar-refractivity contribution is 9.10. The Balaban J connectivity index is 2.22. The Morgan fingerprint density at radius 1 is 1.59 bits per heavy atom. The summed E-state index contributed by atoms with van der Waals surface area (Å²) in [5.41, 5.74) is 0.733. The first-order valence-corrected chi connectivity index (χ1v) is 6.23. The third kappa shape index (κ3) is 2.98.